The molecule has 0 aromatic rings. The first kappa shape index (κ1) is 13.4. The smallest absolute Gasteiger partial charge is 0.226 e. The van der Waals surface area contributed by atoms with Crippen molar-refractivity contribution in [3.63, 3.8) is 0 Å². The molecule has 19 heavy (non-hydrogen) atoms. The summed E-state index contributed by atoms with van der Waals surface area (Å²) in [6, 6.07) is 0. The van der Waals surface area contributed by atoms with E-state index >= 15 is 0 Å². The molecule has 2 aliphatic heterocycles. The number of hydrogen-bond donors (Lipinski definition) is 1. The van der Waals surface area contributed by atoms with E-state index in [1.807, 2.05) is 0 Å². The molecule has 3 aliphatic rings. The molecule has 3 nitrogen and oxygen atoms in total. The minimum atomic E-state index is 0.357. The monoisotopic (exact) mass is 264 g/mol. The van der Waals surface area contributed by atoms with E-state index in [0.29, 0.717) is 22.7 Å². The fourth-order valence-electron chi connectivity index (χ4n) is 4.04. The molecule has 3 rings (SSSR count). The van der Waals surface area contributed by atoms with Crippen molar-refractivity contribution in [3.05, 3.63) is 0 Å². The number of carbonyl (C=O) groups excluding carboxylic acids is 1. The van der Waals surface area contributed by atoms with Crippen LogP contribution in [0.2, 0.25) is 0 Å². The van der Waals surface area contributed by atoms with Gasteiger partial charge >= 0.3 is 0 Å². The molecule has 2 saturated heterocycles. The normalized spacial score (nSPS) is 32.9. The van der Waals surface area contributed by atoms with Crippen molar-refractivity contribution < 1.29 is 4.79 Å². The highest BCUT2D eigenvalue weighted by Gasteiger charge is 2.58. The Kier molecular flexibility index (Phi) is 3.36. The van der Waals surface area contributed by atoms with Gasteiger partial charge in [-0.15, -0.1) is 0 Å². The Morgan fingerprint density at radius 2 is 1.84 bits per heavy atom. The van der Waals surface area contributed by atoms with E-state index in [1.54, 1.807) is 0 Å². The first-order valence-electron chi connectivity index (χ1n) is 8.02. The summed E-state index contributed by atoms with van der Waals surface area (Å²) in [4.78, 5) is 14.9. The van der Waals surface area contributed by atoms with Crippen LogP contribution in [-0.4, -0.2) is 37.0 Å². The minimum absolute atomic E-state index is 0.357. The van der Waals surface area contributed by atoms with Gasteiger partial charge in [0.2, 0.25) is 5.91 Å². The molecular weight excluding hydrogens is 236 g/mol. The third kappa shape index (κ3) is 2.67. The van der Waals surface area contributed by atoms with Gasteiger partial charge in [-0.25, -0.2) is 0 Å². The van der Waals surface area contributed by atoms with Crippen LogP contribution >= 0.6 is 0 Å². The lowest BCUT2D eigenvalue weighted by atomic mass is 9.85. The van der Waals surface area contributed by atoms with Gasteiger partial charge in [0.25, 0.3) is 0 Å². The highest BCUT2D eigenvalue weighted by Crippen LogP contribution is 2.59. The molecule has 3 heteroatoms. The largest absolute Gasteiger partial charge is 0.342 e. The molecule has 1 amide bonds. The maximum absolute atomic E-state index is 12.7. The molecule has 108 valence electrons. The van der Waals surface area contributed by atoms with Crippen LogP contribution in [0.5, 0.6) is 0 Å². The Hall–Kier alpha value is -0.570. The average Bonchev–Trinajstić information content (AvgIpc) is 3.09. The molecule has 2 heterocycles. The van der Waals surface area contributed by atoms with Crippen LogP contribution in [0.1, 0.15) is 52.4 Å². The van der Waals surface area contributed by atoms with E-state index in [1.165, 1.54) is 32.1 Å². The molecular formula is C16H28N2O. The highest BCUT2D eigenvalue weighted by atomic mass is 16.2. The quantitative estimate of drug-likeness (QED) is 0.789. The molecule has 1 saturated carbocycles. The van der Waals surface area contributed by atoms with Gasteiger partial charge in [0, 0.05) is 19.0 Å². The molecule has 3 fully saturated rings. The Bertz CT molecular complexity index is 358. The maximum Gasteiger partial charge on any atom is 0.226 e. The van der Waals surface area contributed by atoms with Gasteiger partial charge in [-0.2, -0.15) is 0 Å². The fraction of sp³-hybridized carbons (Fsp3) is 0.938. The van der Waals surface area contributed by atoms with Crippen molar-refractivity contribution in [3.8, 4) is 0 Å². The lowest BCUT2D eigenvalue weighted by Gasteiger charge is -2.27. The van der Waals surface area contributed by atoms with E-state index in [9.17, 15) is 4.79 Å². The second-order valence-electron chi connectivity index (χ2n) is 7.71. The summed E-state index contributed by atoms with van der Waals surface area (Å²) in [5.74, 6) is 0.829. The first-order chi connectivity index (χ1) is 9.03. The first-order valence-corrected chi connectivity index (χ1v) is 8.02. The van der Waals surface area contributed by atoms with Gasteiger partial charge in [0.1, 0.15) is 0 Å². The summed E-state index contributed by atoms with van der Waals surface area (Å²) in [5, 5.41) is 3.42. The third-order valence-electron chi connectivity index (χ3n) is 5.74. The minimum Gasteiger partial charge on any atom is -0.342 e. The van der Waals surface area contributed by atoms with Gasteiger partial charge < -0.3 is 10.2 Å². The van der Waals surface area contributed by atoms with Gasteiger partial charge in [0.15, 0.2) is 0 Å². The number of nitrogens with zero attached hydrogens (tertiary/aromatic N) is 1. The molecule has 0 aromatic heterocycles. The van der Waals surface area contributed by atoms with Crippen molar-refractivity contribution >= 4 is 5.91 Å². The molecule has 1 unspecified atom stereocenters. The zero-order valence-corrected chi connectivity index (χ0v) is 12.5. The number of amides is 1. The van der Waals surface area contributed by atoms with Crippen molar-refractivity contribution in [1.82, 2.24) is 10.2 Å². The third-order valence-corrected chi connectivity index (χ3v) is 5.74. The predicted molar refractivity (Wildman–Crippen MR) is 76.9 cm³/mol. The summed E-state index contributed by atoms with van der Waals surface area (Å²) in [5.41, 5.74) is 0.815. The van der Waals surface area contributed by atoms with E-state index in [4.69, 9.17) is 0 Å². The van der Waals surface area contributed by atoms with Crippen LogP contribution in [0.15, 0.2) is 0 Å². The Balaban J connectivity index is 1.59. The summed E-state index contributed by atoms with van der Waals surface area (Å²) in [6.45, 7) is 8.87. The molecule has 0 radical (unpaired) electrons. The van der Waals surface area contributed by atoms with E-state index < -0.39 is 0 Å². The molecule has 1 N–H and O–H groups in total. The van der Waals surface area contributed by atoms with Gasteiger partial charge in [-0.3, -0.25) is 4.79 Å². The van der Waals surface area contributed by atoms with Gasteiger partial charge in [0.05, 0.1) is 0 Å². The Morgan fingerprint density at radius 1 is 1.11 bits per heavy atom. The summed E-state index contributed by atoms with van der Waals surface area (Å²) >= 11 is 0. The fourth-order valence-corrected chi connectivity index (χ4v) is 4.04. The zero-order valence-electron chi connectivity index (χ0n) is 12.5. The summed E-state index contributed by atoms with van der Waals surface area (Å²) in [7, 11) is 0. The molecule has 1 spiro atoms. The number of rotatable bonds is 1. The van der Waals surface area contributed by atoms with Crippen LogP contribution in [0.4, 0.5) is 0 Å². The van der Waals surface area contributed by atoms with Crippen LogP contribution in [-0.2, 0) is 4.79 Å². The van der Waals surface area contributed by atoms with Gasteiger partial charge in [-0.05, 0) is 62.4 Å². The molecule has 0 aromatic carbocycles. The number of hydrogen-bond acceptors (Lipinski definition) is 2. The standard InChI is InChI=1S/C16H28N2O/c1-15(2)4-3-10-18(11-7-15)14(19)13-12-16(13)5-8-17-9-6-16/h13,17H,3-12H2,1-2H3. The SMILES string of the molecule is CC1(C)CCCN(C(=O)C2CC23CCNCC3)CC1. The summed E-state index contributed by atoms with van der Waals surface area (Å²) in [6.07, 6.45) is 7.19. The van der Waals surface area contributed by atoms with Crippen molar-refractivity contribution in [2.75, 3.05) is 26.2 Å². The molecule has 1 atom stereocenters. The number of piperidine rings is 1. The van der Waals surface area contributed by atoms with Crippen molar-refractivity contribution in [2.24, 2.45) is 16.7 Å². The number of likely N-dealkylation sites (tertiary alicyclic amines) is 1. The van der Waals surface area contributed by atoms with Gasteiger partial charge in [-0.1, -0.05) is 13.8 Å². The second kappa shape index (κ2) is 4.76. The second-order valence-corrected chi connectivity index (χ2v) is 7.71. The van der Waals surface area contributed by atoms with Crippen molar-refractivity contribution in [1.29, 1.82) is 0 Å². The maximum atomic E-state index is 12.7. The number of nitrogens with one attached hydrogen (secondary N) is 1. The van der Waals surface area contributed by atoms with Crippen LogP contribution in [0.3, 0.4) is 0 Å². The lowest BCUT2D eigenvalue weighted by Crippen LogP contribution is -2.37. The molecule has 0 bridgehead atoms. The van der Waals surface area contributed by atoms with Crippen LogP contribution in [0, 0.1) is 16.7 Å². The summed E-state index contributed by atoms with van der Waals surface area (Å²) < 4.78 is 0. The topological polar surface area (TPSA) is 32.3 Å². The number of carbonyl (C=O) groups is 1. The highest BCUT2D eigenvalue weighted by molar-refractivity contribution is 5.82. The molecule has 1 aliphatic carbocycles. The Labute approximate surface area is 117 Å². The zero-order chi connectivity index (χ0) is 13.5. The van der Waals surface area contributed by atoms with Crippen LogP contribution in [0.25, 0.3) is 0 Å². The van der Waals surface area contributed by atoms with E-state index in [0.717, 1.165) is 32.6 Å². The lowest BCUT2D eigenvalue weighted by molar-refractivity contribution is -0.133. The average molecular weight is 264 g/mol. The van der Waals surface area contributed by atoms with Crippen molar-refractivity contribution in [2.45, 2.75) is 52.4 Å². The van der Waals surface area contributed by atoms with Crippen LogP contribution < -0.4 is 5.32 Å². The van der Waals surface area contributed by atoms with E-state index in [2.05, 4.69) is 24.1 Å². The predicted octanol–water partition coefficient (Wildman–Crippen LogP) is 2.41. The Morgan fingerprint density at radius 3 is 2.58 bits per heavy atom. The van der Waals surface area contributed by atoms with E-state index in [-0.39, 0.29) is 0 Å².